The number of benzene rings is 1. The molecule has 8 aromatic rings. The highest BCUT2D eigenvalue weighted by Gasteiger charge is 2.20. The Bertz CT molecular complexity index is 2420. The summed E-state index contributed by atoms with van der Waals surface area (Å²) in [5, 5.41) is 23.8. The molecule has 7 heterocycles. The lowest BCUT2D eigenvalue weighted by molar-refractivity contribution is 0.699. The Kier molecular flexibility index (Phi) is 8.62. The summed E-state index contributed by atoms with van der Waals surface area (Å²) in [6.07, 6.45) is 6.03. The third kappa shape index (κ3) is 5.68. The van der Waals surface area contributed by atoms with E-state index in [2.05, 4.69) is 71.5 Å². The van der Waals surface area contributed by atoms with Gasteiger partial charge in [-0.25, -0.2) is 0 Å². The van der Waals surface area contributed by atoms with Gasteiger partial charge < -0.3 is 9.13 Å². The van der Waals surface area contributed by atoms with Crippen LogP contribution in [0.3, 0.4) is 0 Å². The van der Waals surface area contributed by atoms with Gasteiger partial charge >= 0.3 is 0 Å². The van der Waals surface area contributed by atoms with Gasteiger partial charge in [-0.1, -0.05) is 38.1 Å². The van der Waals surface area contributed by atoms with E-state index in [-0.39, 0.29) is 0 Å². The molecule has 0 aliphatic carbocycles. The molecule has 7 aromatic heterocycles. The van der Waals surface area contributed by atoms with Crippen LogP contribution >= 0.6 is 57.1 Å². The van der Waals surface area contributed by atoms with Gasteiger partial charge in [-0.15, -0.1) is 45.3 Å². The van der Waals surface area contributed by atoms with E-state index >= 15 is 0 Å². The van der Waals surface area contributed by atoms with Crippen molar-refractivity contribution in [1.82, 2.24) is 17.9 Å². The molecule has 0 amide bonds. The van der Waals surface area contributed by atoms with Gasteiger partial charge in [-0.3, -0.25) is 0 Å². The third-order valence-electron chi connectivity index (χ3n) is 8.48. The number of aromatic nitrogens is 4. The molecule has 0 aliphatic heterocycles. The normalized spacial score (nSPS) is 12.4. The van der Waals surface area contributed by atoms with Gasteiger partial charge in [0.15, 0.2) is 0 Å². The number of aryl methyl sites for hydroxylation is 2. The quantitative estimate of drug-likeness (QED) is 0.131. The van der Waals surface area contributed by atoms with Crippen LogP contribution in [0.4, 0.5) is 0 Å². The van der Waals surface area contributed by atoms with Gasteiger partial charge in [0.25, 0.3) is 0 Å². The van der Waals surface area contributed by atoms with E-state index in [1.807, 2.05) is 47.2 Å². The molecule has 0 unspecified atom stereocenters. The third-order valence-corrected chi connectivity index (χ3v) is 13.0. The van der Waals surface area contributed by atoms with Crippen molar-refractivity contribution in [3.05, 3.63) is 92.6 Å². The topological polar surface area (TPSA) is 83.2 Å². The van der Waals surface area contributed by atoms with Crippen LogP contribution in [0.15, 0.2) is 71.4 Å². The summed E-state index contributed by atoms with van der Waals surface area (Å²) in [6, 6.07) is 26.1. The molecule has 11 heteroatoms. The SMILES string of the molecule is CCCn1c(/C=C(\C#N)c2cccs2)cc2sc(-c3ccc(-c4cc5c(cc(/C=C(\C#N)c6cccs6)n5CCC)s4)c4nsnc34)cc21. The molecule has 0 N–H and O–H groups in total. The lowest BCUT2D eigenvalue weighted by atomic mass is 10.1. The first-order valence-corrected chi connectivity index (χ1v) is 20.1. The Hall–Kier alpha value is -4.62. The molecular formula is C38H28N6S5. The molecule has 0 fully saturated rings. The number of hydrogen-bond donors (Lipinski definition) is 0. The van der Waals surface area contributed by atoms with Gasteiger partial charge in [0.1, 0.15) is 23.2 Å². The van der Waals surface area contributed by atoms with Crippen LogP contribution < -0.4 is 0 Å². The fourth-order valence-corrected chi connectivity index (χ4v) is 10.5. The number of rotatable bonds is 10. The molecule has 240 valence electrons. The second-order valence-corrected chi connectivity index (χ2v) is 16.2. The molecule has 1 aromatic carbocycles. The van der Waals surface area contributed by atoms with Crippen LogP contribution in [0.5, 0.6) is 0 Å². The average molecular weight is 729 g/mol. The molecule has 0 radical (unpaired) electrons. The first-order valence-electron chi connectivity index (χ1n) is 15.9. The van der Waals surface area contributed by atoms with Crippen molar-refractivity contribution >= 4 is 112 Å². The lowest BCUT2D eigenvalue weighted by Crippen LogP contribution is -1.98. The van der Waals surface area contributed by atoms with Crippen LogP contribution in [-0.2, 0) is 13.1 Å². The second-order valence-electron chi connectivity index (χ2n) is 11.6. The van der Waals surface area contributed by atoms with Gasteiger partial charge in [0.2, 0.25) is 0 Å². The summed E-state index contributed by atoms with van der Waals surface area (Å²) in [5.74, 6) is 0. The Labute approximate surface area is 303 Å². The van der Waals surface area contributed by atoms with E-state index in [1.54, 1.807) is 45.3 Å². The van der Waals surface area contributed by atoms with E-state index in [4.69, 9.17) is 8.75 Å². The number of thiophene rings is 4. The van der Waals surface area contributed by atoms with E-state index in [1.165, 1.54) is 32.2 Å². The van der Waals surface area contributed by atoms with Crippen molar-refractivity contribution in [1.29, 1.82) is 10.5 Å². The minimum Gasteiger partial charge on any atom is -0.340 e. The summed E-state index contributed by atoms with van der Waals surface area (Å²) >= 11 is 7.96. The van der Waals surface area contributed by atoms with E-state index in [0.29, 0.717) is 11.1 Å². The monoisotopic (exact) mass is 728 g/mol. The largest absolute Gasteiger partial charge is 0.340 e. The summed E-state index contributed by atoms with van der Waals surface area (Å²) in [5.41, 5.74) is 9.87. The zero-order chi connectivity index (χ0) is 33.5. The van der Waals surface area contributed by atoms with Crippen molar-refractivity contribution in [3.8, 4) is 33.0 Å². The fourth-order valence-electron chi connectivity index (χ4n) is 6.31. The van der Waals surface area contributed by atoms with Crippen LogP contribution in [-0.4, -0.2) is 17.9 Å². The van der Waals surface area contributed by atoms with E-state index in [9.17, 15) is 10.5 Å². The summed E-state index contributed by atoms with van der Waals surface area (Å²) in [7, 11) is 0. The van der Waals surface area contributed by atoms with Crippen LogP contribution in [0.2, 0.25) is 0 Å². The van der Waals surface area contributed by atoms with Gasteiger partial charge in [0.05, 0.1) is 43.3 Å². The number of nitrogens with zero attached hydrogens (tertiary/aromatic N) is 6. The maximum absolute atomic E-state index is 9.89. The molecule has 0 atom stereocenters. The second kappa shape index (κ2) is 13.4. The predicted octanol–water partition coefficient (Wildman–Crippen LogP) is 12.1. The van der Waals surface area contributed by atoms with Crippen molar-refractivity contribution in [2.45, 2.75) is 39.8 Å². The number of fused-ring (bicyclic) bond motifs is 3. The summed E-state index contributed by atoms with van der Waals surface area (Å²) < 4.78 is 16.7. The number of allylic oxidation sites excluding steroid dienone is 2. The minimum atomic E-state index is 0.689. The standard InChI is InChI=1S/C38H28N6S5/c1-3-11-43-25(15-23(21-39)31-7-5-13-45-31)17-35-29(43)19-33(47-35)27-9-10-28(38-37(27)41-49-42-38)34-20-30-36(48-34)18-26(44(30)12-4-2)16-24(22-40)32-8-6-14-46-32/h5-10,13-20H,3-4,11-12H2,1-2H3/b23-15+,24-16+. The maximum atomic E-state index is 9.89. The molecule has 0 saturated heterocycles. The Balaban J connectivity index is 1.17. The zero-order valence-corrected chi connectivity index (χ0v) is 30.7. The van der Waals surface area contributed by atoms with Crippen molar-refractivity contribution in [2.24, 2.45) is 0 Å². The molecule has 0 saturated carbocycles. The molecule has 0 spiro atoms. The Morgan fingerprint density at radius 2 is 1.16 bits per heavy atom. The molecular weight excluding hydrogens is 701 g/mol. The van der Waals surface area contributed by atoms with E-state index < -0.39 is 0 Å². The highest BCUT2D eigenvalue weighted by Crippen LogP contribution is 2.44. The molecule has 8 rings (SSSR count). The van der Waals surface area contributed by atoms with E-state index in [0.717, 1.165) is 79.0 Å². The lowest BCUT2D eigenvalue weighted by Gasteiger charge is -2.07. The van der Waals surface area contributed by atoms with Crippen LogP contribution in [0.1, 0.15) is 47.8 Å². The highest BCUT2D eigenvalue weighted by atomic mass is 32.1. The van der Waals surface area contributed by atoms with Gasteiger partial charge in [0, 0.05) is 55.1 Å². The summed E-state index contributed by atoms with van der Waals surface area (Å²) in [4.78, 5) is 4.29. The summed E-state index contributed by atoms with van der Waals surface area (Å²) in [6.45, 7) is 6.11. The zero-order valence-electron chi connectivity index (χ0n) is 26.6. The highest BCUT2D eigenvalue weighted by molar-refractivity contribution is 7.23. The van der Waals surface area contributed by atoms with Gasteiger partial charge in [-0.2, -0.15) is 19.3 Å². The Morgan fingerprint density at radius 3 is 1.55 bits per heavy atom. The first kappa shape index (κ1) is 31.6. The maximum Gasteiger partial charge on any atom is 0.114 e. The van der Waals surface area contributed by atoms with Crippen molar-refractivity contribution in [2.75, 3.05) is 0 Å². The minimum absolute atomic E-state index is 0.689. The molecule has 0 bridgehead atoms. The van der Waals surface area contributed by atoms with Gasteiger partial charge in [-0.05, 0) is 72.2 Å². The molecule has 49 heavy (non-hydrogen) atoms. The average Bonchev–Trinajstić information content (AvgIpc) is 3.96. The Morgan fingerprint density at radius 1 is 0.694 bits per heavy atom. The molecule has 6 nitrogen and oxygen atoms in total. The molecule has 0 aliphatic rings. The smallest absolute Gasteiger partial charge is 0.114 e. The van der Waals surface area contributed by atoms with Crippen LogP contribution in [0, 0.1) is 22.7 Å². The number of hydrogen-bond acceptors (Lipinski definition) is 9. The predicted molar refractivity (Wildman–Crippen MR) is 211 cm³/mol. The fraction of sp³-hybridized carbons (Fsp3) is 0.158. The van der Waals surface area contributed by atoms with Crippen molar-refractivity contribution < 1.29 is 0 Å². The number of nitriles is 2. The first-order chi connectivity index (χ1) is 24.1. The van der Waals surface area contributed by atoms with Crippen LogP contribution in [0.25, 0.3) is 75.6 Å². The van der Waals surface area contributed by atoms with Crippen molar-refractivity contribution in [3.63, 3.8) is 0 Å².